The van der Waals surface area contributed by atoms with E-state index in [0.717, 1.165) is 11.1 Å². The second-order valence-corrected chi connectivity index (χ2v) is 4.20. The fraction of sp³-hybridized carbons (Fsp3) is 0.250. The molecular formula is C16H14N2O. The standard InChI is InChI=1S/C16H14N2O/c1-2-3-4-9-16(19)18-11-10-13-7-5-6-8-14(13)15(18)12-17/h5-8,10-11,15H,4,9H2,1H3/t15-/m1/s1. The SMILES string of the molecule is CC#CCCC(=O)N1C=Cc2ccccc2[C@H]1C#N. The van der Waals surface area contributed by atoms with Crippen molar-refractivity contribution in [3.8, 4) is 17.9 Å². The van der Waals surface area contributed by atoms with E-state index in [-0.39, 0.29) is 5.91 Å². The first kappa shape index (κ1) is 12.9. The number of carbonyl (C=O) groups is 1. The first-order chi connectivity index (χ1) is 9.27. The lowest BCUT2D eigenvalue weighted by molar-refractivity contribution is -0.129. The molecule has 1 aliphatic heterocycles. The second-order valence-electron chi connectivity index (χ2n) is 4.20. The fourth-order valence-corrected chi connectivity index (χ4v) is 2.09. The van der Waals surface area contributed by atoms with Gasteiger partial charge in [0.2, 0.25) is 5.91 Å². The van der Waals surface area contributed by atoms with Crippen molar-refractivity contribution in [1.82, 2.24) is 4.90 Å². The van der Waals surface area contributed by atoms with Crippen molar-refractivity contribution < 1.29 is 4.79 Å². The first-order valence-electron chi connectivity index (χ1n) is 6.15. The highest BCUT2D eigenvalue weighted by molar-refractivity contribution is 5.81. The molecule has 0 N–H and O–H groups in total. The van der Waals surface area contributed by atoms with Crippen LogP contribution in [0.15, 0.2) is 30.5 Å². The van der Waals surface area contributed by atoms with E-state index in [0.29, 0.717) is 12.8 Å². The van der Waals surface area contributed by atoms with Crippen LogP contribution in [0.25, 0.3) is 6.08 Å². The first-order valence-corrected chi connectivity index (χ1v) is 6.15. The van der Waals surface area contributed by atoms with Crippen molar-refractivity contribution in [1.29, 1.82) is 5.26 Å². The largest absolute Gasteiger partial charge is 0.298 e. The van der Waals surface area contributed by atoms with Crippen molar-refractivity contribution >= 4 is 12.0 Å². The van der Waals surface area contributed by atoms with E-state index >= 15 is 0 Å². The molecule has 0 bridgehead atoms. The number of rotatable bonds is 2. The highest BCUT2D eigenvalue weighted by atomic mass is 16.2. The fourth-order valence-electron chi connectivity index (χ4n) is 2.09. The van der Waals surface area contributed by atoms with Gasteiger partial charge in [-0.2, -0.15) is 5.26 Å². The molecule has 3 heteroatoms. The van der Waals surface area contributed by atoms with E-state index in [1.165, 1.54) is 4.90 Å². The van der Waals surface area contributed by atoms with Crippen LogP contribution in [0.4, 0.5) is 0 Å². The molecule has 1 amide bonds. The normalized spacial score (nSPS) is 16.0. The van der Waals surface area contributed by atoms with Crippen LogP contribution in [0, 0.1) is 23.2 Å². The molecule has 0 saturated carbocycles. The smallest absolute Gasteiger partial charge is 0.228 e. The topological polar surface area (TPSA) is 44.1 Å². The van der Waals surface area contributed by atoms with Gasteiger partial charge in [0.1, 0.15) is 6.04 Å². The third-order valence-electron chi connectivity index (χ3n) is 3.03. The third-order valence-corrected chi connectivity index (χ3v) is 3.03. The zero-order chi connectivity index (χ0) is 13.7. The summed E-state index contributed by atoms with van der Waals surface area (Å²) in [5.74, 6) is 5.56. The molecule has 0 radical (unpaired) electrons. The number of amides is 1. The summed E-state index contributed by atoms with van der Waals surface area (Å²) in [5.41, 5.74) is 1.87. The summed E-state index contributed by atoms with van der Waals surface area (Å²) in [7, 11) is 0. The van der Waals surface area contributed by atoms with E-state index in [2.05, 4.69) is 17.9 Å². The number of hydrogen-bond donors (Lipinski definition) is 0. The average molecular weight is 250 g/mol. The predicted molar refractivity (Wildman–Crippen MR) is 73.4 cm³/mol. The molecule has 19 heavy (non-hydrogen) atoms. The van der Waals surface area contributed by atoms with Gasteiger partial charge in [0.05, 0.1) is 6.07 Å². The van der Waals surface area contributed by atoms with Gasteiger partial charge >= 0.3 is 0 Å². The van der Waals surface area contributed by atoms with Gasteiger partial charge in [0.25, 0.3) is 0 Å². The summed E-state index contributed by atoms with van der Waals surface area (Å²) in [4.78, 5) is 13.6. The molecule has 0 aliphatic carbocycles. The van der Waals surface area contributed by atoms with Crippen molar-refractivity contribution in [2.75, 3.05) is 0 Å². The molecule has 1 aromatic rings. The number of fused-ring (bicyclic) bond motifs is 1. The summed E-state index contributed by atoms with van der Waals surface area (Å²) < 4.78 is 0. The number of nitrogens with zero attached hydrogens (tertiary/aromatic N) is 2. The van der Waals surface area contributed by atoms with Crippen molar-refractivity contribution in [3.63, 3.8) is 0 Å². The Balaban J connectivity index is 2.22. The molecule has 0 aromatic heterocycles. The lowest BCUT2D eigenvalue weighted by Crippen LogP contribution is -2.31. The minimum absolute atomic E-state index is 0.0694. The molecule has 0 unspecified atom stereocenters. The van der Waals surface area contributed by atoms with E-state index in [9.17, 15) is 10.1 Å². The highest BCUT2D eigenvalue weighted by Crippen LogP contribution is 2.30. The maximum Gasteiger partial charge on any atom is 0.228 e. The highest BCUT2D eigenvalue weighted by Gasteiger charge is 2.26. The van der Waals surface area contributed by atoms with Gasteiger partial charge < -0.3 is 0 Å². The summed E-state index contributed by atoms with van der Waals surface area (Å²) in [5, 5.41) is 9.32. The van der Waals surface area contributed by atoms with Crippen LogP contribution in [-0.2, 0) is 4.79 Å². The Bertz CT molecular complexity index is 614. The van der Waals surface area contributed by atoms with Gasteiger partial charge in [0, 0.05) is 19.0 Å². The minimum atomic E-state index is -0.539. The van der Waals surface area contributed by atoms with Gasteiger partial charge in [-0.15, -0.1) is 11.8 Å². The van der Waals surface area contributed by atoms with E-state index < -0.39 is 6.04 Å². The van der Waals surface area contributed by atoms with Crippen LogP contribution < -0.4 is 0 Å². The van der Waals surface area contributed by atoms with E-state index in [1.54, 1.807) is 13.1 Å². The Morgan fingerprint density at radius 3 is 2.95 bits per heavy atom. The molecule has 94 valence electrons. The molecule has 3 nitrogen and oxygen atoms in total. The van der Waals surface area contributed by atoms with Crippen LogP contribution in [0.2, 0.25) is 0 Å². The Labute approximate surface area is 113 Å². The van der Waals surface area contributed by atoms with Crippen LogP contribution in [0.1, 0.15) is 36.9 Å². The molecular weight excluding hydrogens is 236 g/mol. The summed E-state index contributed by atoms with van der Waals surface area (Å²) >= 11 is 0. The maximum atomic E-state index is 12.1. The van der Waals surface area contributed by atoms with Crippen molar-refractivity contribution in [3.05, 3.63) is 41.6 Å². The Kier molecular flexibility index (Phi) is 4.00. The van der Waals surface area contributed by atoms with Crippen LogP contribution >= 0.6 is 0 Å². The van der Waals surface area contributed by atoms with Gasteiger partial charge in [-0.05, 0) is 24.1 Å². The van der Waals surface area contributed by atoms with Crippen LogP contribution in [0.5, 0.6) is 0 Å². The van der Waals surface area contributed by atoms with Gasteiger partial charge in [-0.3, -0.25) is 9.69 Å². The van der Waals surface area contributed by atoms with Gasteiger partial charge in [0.15, 0.2) is 0 Å². The monoisotopic (exact) mass is 250 g/mol. The molecule has 1 aromatic carbocycles. The molecule has 1 atom stereocenters. The van der Waals surface area contributed by atoms with Crippen molar-refractivity contribution in [2.45, 2.75) is 25.8 Å². The minimum Gasteiger partial charge on any atom is -0.298 e. The Hall–Kier alpha value is -2.52. The number of benzene rings is 1. The summed E-state index contributed by atoms with van der Waals surface area (Å²) in [6.45, 7) is 1.75. The zero-order valence-electron chi connectivity index (χ0n) is 10.8. The van der Waals surface area contributed by atoms with Crippen molar-refractivity contribution in [2.24, 2.45) is 0 Å². The van der Waals surface area contributed by atoms with E-state index in [1.807, 2.05) is 30.3 Å². The number of carbonyl (C=O) groups excluding carboxylic acids is 1. The maximum absolute atomic E-state index is 12.1. The second kappa shape index (κ2) is 5.89. The van der Waals surface area contributed by atoms with E-state index in [4.69, 9.17) is 0 Å². The Morgan fingerprint density at radius 1 is 1.42 bits per heavy atom. The van der Waals surface area contributed by atoms with Crippen LogP contribution in [0.3, 0.4) is 0 Å². The molecule has 1 heterocycles. The molecule has 0 saturated heterocycles. The number of nitriles is 1. The lowest BCUT2D eigenvalue weighted by atomic mass is 9.97. The van der Waals surface area contributed by atoms with Gasteiger partial charge in [-0.25, -0.2) is 0 Å². The third kappa shape index (κ3) is 2.67. The summed E-state index contributed by atoms with van der Waals surface area (Å²) in [6, 6.07) is 9.30. The Morgan fingerprint density at radius 2 is 2.21 bits per heavy atom. The zero-order valence-corrected chi connectivity index (χ0v) is 10.8. The molecule has 2 rings (SSSR count). The molecule has 1 aliphatic rings. The predicted octanol–water partition coefficient (Wildman–Crippen LogP) is 2.87. The molecule has 0 fully saturated rings. The van der Waals surface area contributed by atoms with Gasteiger partial charge in [-0.1, -0.05) is 24.3 Å². The molecule has 0 spiro atoms. The summed E-state index contributed by atoms with van der Waals surface area (Å²) in [6.07, 6.45) is 4.43. The quantitative estimate of drug-likeness (QED) is 0.757. The van der Waals surface area contributed by atoms with Crippen LogP contribution in [-0.4, -0.2) is 10.8 Å². The lowest BCUT2D eigenvalue weighted by Gasteiger charge is -2.28. The number of hydrogen-bond acceptors (Lipinski definition) is 2. The average Bonchev–Trinajstić information content (AvgIpc) is 2.46.